The smallest absolute Gasteiger partial charge is 0.170 e. The second-order valence-corrected chi connectivity index (χ2v) is 3.12. The molecule has 0 aliphatic rings. The highest BCUT2D eigenvalue weighted by molar-refractivity contribution is 5.57. The minimum absolute atomic E-state index is 0.700. The molecule has 3 rings (SSSR count). The molecule has 3 heterocycles. The van der Waals surface area contributed by atoms with Gasteiger partial charge in [0.05, 0.1) is 12.5 Å². The fourth-order valence-electron chi connectivity index (χ4n) is 1.44. The van der Waals surface area contributed by atoms with E-state index in [4.69, 9.17) is 13.3 Å². The summed E-state index contributed by atoms with van der Waals surface area (Å²) in [5.41, 5.74) is 0. The Morgan fingerprint density at radius 2 is 1.00 bits per heavy atom. The Hall–Kier alpha value is -2.16. The van der Waals surface area contributed by atoms with Crippen LogP contribution in [-0.2, 0) is 0 Å². The van der Waals surface area contributed by atoms with E-state index in [0.29, 0.717) is 23.0 Å². The van der Waals surface area contributed by atoms with E-state index >= 15 is 0 Å². The summed E-state index contributed by atoms with van der Waals surface area (Å²) in [4.78, 5) is 0. The van der Waals surface area contributed by atoms with Gasteiger partial charge in [-0.25, -0.2) is 0 Å². The first kappa shape index (κ1) is 14.9. The molecule has 19 heavy (non-hydrogen) atoms. The van der Waals surface area contributed by atoms with Gasteiger partial charge in [-0.15, -0.1) is 0 Å². The lowest BCUT2D eigenvalue weighted by Gasteiger charge is -1.90. The predicted octanol–water partition coefficient (Wildman–Crippen LogP) is 5.85. The monoisotopic (exact) mass is 260 g/mol. The van der Waals surface area contributed by atoms with E-state index in [9.17, 15) is 0 Å². The van der Waals surface area contributed by atoms with Crippen molar-refractivity contribution in [2.45, 2.75) is 27.7 Å². The fraction of sp³-hybridized carbons (Fsp3) is 0.250. The Kier molecular flexibility index (Phi) is 6.30. The van der Waals surface area contributed by atoms with Crippen molar-refractivity contribution in [3.63, 3.8) is 0 Å². The Morgan fingerprint density at radius 1 is 0.579 bits per heavy atom. The molecule has 3 nitrogen and oxygen atoms in total. The van der Waals surface area contributed by atoms with Gasteiger partial charge in [0, 0.05) is 0 Å². The van der Waals surface area contributed by atoms with Crippen molar-refractivity contribution in [3.8, 4) is 23.0 Å². The van der Waals surface area contributed by atoms with Crippen LogP contribution in [0.5, 0.6) is 0 Å². The first-order chi connectivity index (χ1) is 9.43. The van der Waals surface area contributed by atoms with Gasteiger partial charge in [0.15, 0.2) is 23.0 Å². The van der Waals surface area contributed by atoms with Crippen LogP contribution in [-0.4, -0.2) is 0 Å². The number of furan rings is 3. The average Bonchev–Trinajstić information content (AvgIpc) is 3.23. The molecule has 0 N–H and O–H groups in total. The Bertz CT molecular complexity index is 482. The van der Waals surface area contributed by atoms with Crippen molar-refractivity contribution in [1.82, 2.24) is 0 Å². The third-order valence-electron chi connectivity index (χ3n) is 2.13. The highest BCUT2D eigenvalue weighted by atomic mass is 16.4. The number of hydrogen-bond acceptors (Lipinski definition) is 3. The molecule has 0 aliphatic heterocycles. The minimum atomic E-state index is 0.700. The van der Waals surface area contributed by atoms with Gasteiger partial charge in [0.2, 0.25) is 0 Å². The summed E-state index contributed by atoms with van der Waals surface area (Å²) in [5.74, 6) is 2.83. The lowest BCUT2D eigenvalue weighted by Crippen LogP contribution is -1.65. The second-order valence-electron chi connectivity index (χ2n) is 3.12. The average molecular weight is 260 g/mol. The molecule has 0 amide bonds. The highest BCUT2D eigenvalue weighted by Gasteiger charge is 2.09. The summed E-state index contributed by atoms with van der Waals surface area (Å²) in [7, 11) is 0. The van der Waals surface area contributed by atoms with Gasteiger partial charge >= 0.3 is 0 Å². The number of rotatable bonds is 2. The van der Waals surface area contributed by atoms with Crippen LogP contribution in [0.2, 0.25) is 0 Å². The van der Waals surface area contributed by atoms with E-state index in [1.54, 1.807) is 12.5 Å². The van der Waals surface area contributed by atoms with E-state index in [1.165, 1.54) is 0 Å². The minimum Gasteiger partial charge on any atom is -0.461 e. The summed E-state index contributed by atoms with van der Waals surface area (Å²) in [6.45, 7) is 8.00. The van der Waals surface area contributed by atoms with Crippen LogP contribution in [0.1, 0.15) is 27.7 Å². The Labute approximate surface area is 113 Å². The SMILES string of the molecule is CC.CC.c1coc(-c2ccc(-c3ccco3)o2)c1. The zero-order valence-corrected chi connectivity index (χ0v) is 11.8. The molecule has 3 aromatic rings. The summed E-state index contributed by atoms with van der Waals surface area (Å²) in [5, 5.41) is 0. The van der Waals surface area contributed by atoms with E-state index in [-0.39, 0.29) is 0 Å². The topological polar surface area (TPSA) is 39.4 Å². The second kappa shape index (κ2) is 8.03. The van der Waals surface area contributed by atoms with Gasteiger partial charge < -0.3 is 13.3 Å². The van der Waals surface area contributed by atoms with Crippen LogP contribution >= 0.6 is 0 Å². The summed E-state index contributed by atoms with van der Waals surface area (Å²) in [6.07, 6.45) is 3.23. The first-order valence-electron chi connectivity index (χ1n) is 6.61. The quantitative estimate of drug-likeness (QED) is 0.580. The van der Waals surface area contributed by atoms with E-state index in [1.807, 2.05) is 64.1 Å². The molecule has 0 radical (unpaired) electrons. The largest absolute Gasteiger partial charge is 0.461 e. The van der Waals surface area contributed by atoms with Crippen LogP contribution in [0.3, 0.4) is 0 Å². The van der Waals surface area contributed by atoms with Gasteiger partial charge in [-0.3, -0.25) is 0 Å². The van der Waals surface area contributed by atoms with Crippen LogP contribution in [0.25, 0.3) is 23.0 Å². The third kappa shape index (κ3) is 3.65. The molecular formula is C16H20O3. The van der Waals surface area contributed by atoms with Gasteiger partial charge in [-0.2, -0.15) is 0 Å². The lowest BCUT2D eigenvalue weighted by atomic mass is 10.3. The lowest BCUT2D eigenvalue weighted by molar-refractivity contribution is 0.509. The molecule has 0 aliphatic carbocycles. The van der Waals surface area contributed by atoms with Crippen LogP contribution < -0.4 is 0 Å². The van der Waals surface area contributed by atoms with Crippen LogP contribution in [0.4, 0.5) is 0 Å². The maximum Gasteiger partial charge on any atom is 0.170 e. The Morgan fingerprint density at radius 3 is 1.32 bits per heavy atom. The van der Waals surface area contributed by atoms with Crippen molar-refractivity contribution in [3.05, 3.63) is 48.9 Å². The molecule has 0 atom stereocenters. The molecule has 0 bridgehead atoms. The molecule has 0 spiro atoms. The standard InChI is InChI=1S/C12H8O3.2C2H6/c1-3-9(13-7-1)11-5-6-12(15-11)10-4-2-8-14-10;2*1-2/h1-8H;2*1-2H3. The highest BCUT2D eigenvalue weighted by Crippen LogP contribution is 2.28. The normalized spacial score (nSPS) is 9.05. The molecule has 0 unspecified atom stereocenters. The summed E-state index contributed by atoms with van der Waals surface area (Å²) in [6, 6.07) is 11.1. The van der Waals surface area contributed by atoms with Gasteiger partial charge in [0.1, 0.15) is 0 Å². The van der Waals surface area contributed by atoms with Gasteiger partial charge in [0.25, 0.3) is 0 Å². The molecule has 0 saturated carbocycles. The van der Waals surface area contributed by atoms with Crippen molar-refractivity contribution < 1.29 is 13.3 Å². The van der Waals surface area contributed by atoms with Crippen molar-refractivity contribution >= 4 is 0 Å². The third-order valence-corrected chi connectivity index (χ3v) is 2.13. The predicted molar refractivity (Wildman–Crippen MR) is 76.8 cm³/mol. The molecule has 0 aromatic carbocycles. The summed E-state index contributed by atoms with van der Waals surface area (Å²) >= 11 is 0. The van der Waals surface area contributed by atoms with Gasteiger partial charge in [-0.1, -0.05) is 27.7 Å². The molecule has 3 heteroatoms. The van der Waals surface area contributed by atoms with Crippen molar-refractivity contribution in [2.75, 3.05) is 0 Å². The van der Waals surface area contributed by atoms with E-state index in [0.717, 1.165) is 0 Å². The zero-order valence-electron chi connectivity index (χ0n) is 11.8. The molecule has 102 valence electrons. The van der Waals surface area contributed by atoms with Gasteiger partial charge in [-0.05, 0) is 36.4 Å². The van der Waals surface area contributed by atoms with E-state index in [2.05, 4.69) is 0 Å². The maximum atomic E-state index is 5.58. The molecular weight excluding hydrogens is 240 g/mol. The van der Waals surface area contributed by atoms with Crippen molar-refractivity contribution in [1.29, 1.82) is 0 Å². The molecule has 0 saturated heterocycles. The van der Waals surface area contributed by atoms with Crippen LogP contribution in [0.15, 0.2) is 62.2 Å². The summed E-state index contributed by atoms with van der Waals surface area (Å²) < 4.78 is 16.0. The van der Waals surface area contributed by atoms with Crippen molar-refractivity contribution in [2.24, 2.45) is 0 Å². The zero-order chi connectivity index (χ0) is 14.1. The van der Waals surface area contributed by atoms with Crippen LogP contribution in [0, 0.1) is 0 Å². The van der Waals surface area contributed by atoms with E-state index < -0.39 is 0 Å². The Balaban J connectivity index is 0.000000415. The maximum absolute atomic E-state index is 5.58. The number of hydrogen-bond donors (Lipinski definition) is 0. The fourth-order valence-corrected chi connectivity index (χ4v) is 1.44. The molecule has 3 aromatic heterocycles. The molecule has 0 fully saturated rings. The first-order valence-corrected chi connectivity index (χ1v) is 6.61.